The zero-order chi connectivity index (χ0) is 18.5. The molecule has 152 valence electrons. The summed E-state index contributed by atoms with van der Waals surface area (Å²) in [5.41, 5.74) is 0.338. The van der Waals surface area contributed by atoms with Crippen molar-refractivity contribution in [1.29, 1.82) is 0 Å². The highest BCUT2D eigenvalue weighted by atomic mass is 16.5. The molecule has 0 amide bonds. The van der Waals surface area contributed by atoms with Gasteiger partial charge in [-0.1, -0.05) is 0 Å². The lowest BCUT2D eigenvalue weighted by molar-refractivity contribution is -0.0857. The van der Waals surface area contributed by atoms with Gasteiger partial charge in [-0.25, -0.2) is 4.68 Å². The van der Waals surface area contributed by atoms with Gasteiger partial charge in [-0.3, -0.25) is 4.90 Å². The maximum Gasteiger partial charge on any atom is 0.138 e. The van der Waals surface area contributed by atoms with Crippen LogP contribution in [0.25, 0.3) is 0 Å². The first-order valence-electron chi connectivity index (χ1n) is 10.5. The standard InChI is InChI=1S/C19H34N6O2/c1-26-15-19-5-3-18(24-9-11-27-12-10-24)13-17(19)4-8-23(14-19)6-2-7-25-16-20-21-22-25/h16-18H,2-15H2,1H3/t17-,18-,19+/m1/s1. The fraction of sp³-hybridized carbons (Fsp3) is 0.947. The van der Waals surface area contributed by atoms with Crippen molar-refractivity contribution in [3.63, 3.8) is 0 Å². The van der Waals surface area contributed by atoms with E-state index in [-0.39, 0.29) is 0 Å². The lowest BCUT2D eigenvalue weighted by Gasteiger charge is -2.54. The largest absolute Gasteiger partial charge is 0.384 e. The van der Waals surface area contributed by atoms with E-state index in [1.807, 2.05) is 11.8 Å². The molecule has 3 fully saturated rings. The van der Waals surface area contributed by atoms with Crippen LogP contribution in [-0.2, 0) is 16.0 Å². The number of hydrogen-bond acceptors (Lipinski definition) is 7. The second-order valence-corrected chi connectivity index (χ2v) is 8.56. The van der Waals surface area contributed by atoms with Crippen LogP contribution in [0.15, 0.2) is 6.33 Å². The molecule has 1 aromatic rings. The van der Waals surface area contributed by atoms with Crippen molar-refractivity contribution in [3.05, 3.63) is 6.33 Å². The Kier molecular flexibility index (Phi) is 6.37. The average molecular weight is 379 g/mol. The lowest BCUT2D eigenvalue weighted by Crippen LogP contribution is -2.57. The van der Waals surface area contributed by atoms with Gasteiger partial charge in [0.15, 0.2) is 0 Å². The highest BCUT2D eigenvalue weighted by Crippen LogP contribution is 2.47. The van der Waals surface area contributed by atoms with E-state index in [9.17, 15) is 0 Å². The molecule has 3 aliphatic rings. The van der Waals surface area contributed by atoms with Gasteiger partial charge < -0.3 is 14.4 Å². The number of ether oxygens (including phenoxy) is 2. The Bertz CT molecular complexity index is 565. The minimum atomic E-state index is 0.338. The van der Waals surface area contributed by atoms with E-state index in [2.05, 4.69) is 25.3 Å². The molecule has 1 aromatic heterocycles. The predicted molar refractivity (Wildman–Crippen MR) is 101 cm³/mol. The number of aromatic nitrogens is 4. The average Bonchev–Trinajstić information content (AvgIpc) is 3.22. The fourth-order valence-electron chi connectivity index (χ4n) is 5.58. The SMILES string of the molecule is COC[C@@]12CC[C@@H](N3CCOCC3)C[C@H]1CCN(CCCn1cnnn1)C2. The number of likely N-dealkylation sites (tertiary alicyclic amines) is 1. The maximum atomic E-state index is 5.74. The van der Waals surface area contributed by atoms with E-state index in [0.29, 0.717) is 5.41 Å². The second-order valence-electron chi connectivity index (χ2n) is 8.56. The molecular formula is C19H34N6O2. The van der Waals surface area contributed by atoms with E-state index in [4.69, 9.17) is 9.47 Å². The molecule has 2 aliphatic heterocycles. The first-order valence-corrected chi connectivity index (χ1v) is 10.5. The summed E-state index contributed by atoms with van der Waals surface area (Å²) in [7, 11) is 1.87. The monoisotopic (exact) mass is 378 g/mol. The summed E-state index contributed by atoms with van der Waals surface area (Å²) in [5, 5.41) is 11.4. The molecule has 4 rings (SSSR count). The predicted octanol–water partition coefficient (Wildman–Crippen LogP) is 0.903. The molecule has 27 heavy (non-hydrogen) atoms. The van der Waals surface area contributed by atoms with Crippen molar-refractivity contribution in [2.45, 2.75) is 44.7 Å². The van der Waals surface area contributed by atoms with Gasteiger partial charge in [0.2, 0.25) is 0 Å². The highest BCUT2D eigenvalue weighted by molar-refractivity contribution is 4.99. The van der Waals surface area contributed by atoms with Gasteiger partial charge in [0.05, 0.1) is 19.8 Å². The minimum absolute atomic E-state index is 0.338. The number of piperidine rings is 1. The zero-order valence-corrected chi connectivity index (χ0v) is 16.6. The lowest BCUT2D eigenvalue weighted by atomic mass is 9.62. The molecule has 0 aromatic carbocycles. The maximum absolute atomic E-state index is 5.74. The van der Waals surface area contributed by atoms with Crippen LogP contribution in [-0.4, -0.2) is 95.7 Å². The summed E-state index contributed by atoms with van der Waals surface area (Å²) in [6.45, 7) is 9.32. The molecule has 0 N–H and O–H groups in total. The Balaban J connectivity index is 1.32. The van der Waals surface area contributed by atoms with Crippen LogP contribution in [0.2, 0.25) is 0 Å². The van der Waals surface area contributed by atoms with Crippen molar-refractivity contribution in [2.24, 2.45) is 11.3 Å². The van der Waals surface area contributed by atoms with E-state index < -0.39 is 0 Å². The Morgan fingerprint density at radius 1 is 1.19 bits per heavy atom. The van der Waals surface area contributed by atoms with Crippen LogP contribution in [0.3, 0.4) is 0 Å². The topological polar surface area (TPSA) is 68.5 Å². The van der Waals surface area contributed by atoms with Gasteiger partial charge in [0.1, 0.15) is 6.33 Å². The number of tetrazole rings is 1. The third kappa shape index (κ3) is 4.50. The highest BCUT2D eigenvalue weighted by Gasteiger charge is 2.47. The summed E-state index contributed by atoms with van der Waals surface area (Å²) in [5.74, 6) is 0.787. The van der Waals surface area contributed by atoms with Crippen LogP contribution in [0.4, 0.5) is 0 Å². The number of rotatable bonds is 7. The van der Waals surface area contributed by atoms with Gasteiger partial charge in [-0.05, 0) is 61.5 Å². The molecule has 0 bridgehead atoms. The molecule has 3 heterocycles. The normalized spacial score (nSPS) is 33.1. The number of methoxy groups -OCH3 is 1. The third-order valence-corrected chi connectivity index (χ3v) is 6.98. The van der Waals surface area contributed by atoms with Crippen molar-refractivity contribution >= 4 is 0 Å². The Labute approximate surface area is 162 Å². The van der Waals surface area contributed by atoms with Gasteiger partial charge in [0.25, 0.3) is 0 Å². The molecule has 0 spiro atoms. The molecule has 3 atom stereocenters. The zero-order valence-electron chi connectivity index (χ0n) is 16.6. The number of aryl methyl sites for hydroxylation is 1. The van der Waals surface area contributed by atoms with Crippen LogP contribution < -0.4 is 0 Å². The fourth-order valence-corrected chi connectivity index (χ4v) is 5.58. The molecule has 0 unspecified atom stereocenters. The van der Waals surface area contributed by atoms with E-state index in [1.165, 1.54) is 38.8 Å². The van der Waals surface area contributed by atoms with Crippen LogP contribution in [0.1, 0.15) is 32.1 Å². The molecule has 2 saturated heterocycles. The molecule has 1 aliphatic carbocycles. The smallest absolute Gasteiger partial charge is 0.138 e. The van der Waals surface area contributed by atoms with Crippen molar-refractivity contribution in [3.8, 4) is 0 Å². The minimum Gasteiger partial charge on any atom is -0.384 e. The Morgan fingerprint density at radius 3 is 2.85 bits per heavy atom. The second kappa shape index (κ2) is 8.94. The first kappa shape index (κ1) is 19.2. The molecular weight excluding hydrogens is 344 g/mol. The first-order chi connectivity index (χ1) is 13.3. The summed E-state index contributed by atoms with van der Waals surface area (Å²) in [6.07, 6.45) is 8.02. The number of morpholine rings is 1. The number of nitrogens with zero attached hydrogens (tertiary/aromatic N) is 6. The summed E-state index contributed by atoms with van der Waals surface area (Å²) < 4.78 is 13.1. The van der Waals surface area contributed by atoms with E-state index in [1.54, 1.807) is 6.33 Å². The number of hydrogen-bond donors (Lipinski definition) is 0. The Hall–Kier alpha value is -1.09. The molecule has 1 saturated carbocycles. The summed E-state index contributed by atoms with van der Waals surface area (Å²) in [4.78, 5) is 5.33. The van der Waals surface area contributed by atoms with E-state index in [0.717, 1.165) is 64.4 Å². The van der Waals surface area contributed by atoms with Gasteiger partial charge in [0, 0.05) is 44.7 Å². The Morgan fingerprint density at radius 2 is 2.07 bits per heavy atom. The van der Waals surface area contributed by atoms with Gasteiger partial charge in [-0.2, -0.15) is 0 Å². The third-order valence-electron chi connectivity index (χ3n) is 6.98. The molecule has 0 radical (unpaired) electrons. The van der Waals surface area contributed by atoms with Crippen LogP contribution in [0, 0.1) is 11.3 Å². The molecule has 8 heteroatoms. The van der Waals surface area contributed by atoms with Gasteiger partial charge in [-0.15, -0.1) is 5.10 Å². The van der Waals surface area contributed by atoms with Crippen LogP contribution in [0.5, 0.6) is 0 Å². The summed E-state index contributed by atoms with van der Waals surface area (Å²) >= 11 is 0. The van der Waals surface area contributed by atoms with Crippen molar-refractivity contribution in [2.75, 3.05) is 59.7 Å². The number of fused-ring (bicyclic) bond motifs is 1. The van der Waals surface area contributed by atoms with Crippen molar-refractivity contribution < 1.29 is 9.47 Å². The summed E-state index contributed by atoms with van der Waals surface area (Å²) in [6, 6.07) is 0.746. The van der Waals surface area contributed by atoms with E-state index >= 15 is 0 Å². The van der Waals surface area contributed by atoms with Crippen molar-refractivity contribution in [1.82, 2.24) is 30.0 Å². The van der Waals surface area contributed by atoms with Crippen LogP contribution >= 0.6 is 0 Å². The molecule has 8 nitrogen and oxygen atoms in total. The quantitative estimate of drug-likeness (QED) is 0.698. The van der Waals surface area contributed by atoms with Gasteiger partial charge >= 0.3 is 0 Å².